The molecule has 3 aromatic carbocycles. The monoisotopic (exact) mass is 492 g/mol. The Bertz CT molecular complexity index is 1660. The lowest BCUT2D eigenvalue weighted by molar-refractivity contribution is 0.414. The van der Waals surface area contributed by atoms with Gasteiger partial charge in [-0.2, -0.15) is 0 Å². The van der Waals surface area contributed by atoms with Crippen LogP contribution in [0.1, 0.15) is 60.0 Å². The topological polar surface area (TPSA) is 43.6 Å². The van der Waals surface area contributed by atoms with E-state index in [-0.39, 0.29) is 11.6 Å². The largest absolute Gasteiger partial charge is 0.497 e. The number of hydrogen-bond acceptors (Lipinski definition) is 4. The van der Waals surface area contributed by atoms with Gasteiger partial charge < -0.3 is 4.74 Å². The highest BCUT2D eigenvalue weighted by atomic mass is 32.1. The first-order valence-corrected chi connectivity index (χ1v) is 13.2. The number of aryl methyl sites for hydroxylation is 1. The highest BCUT2D eigenvalue weighted by molar-refractivity contribution is 7.07. The Morgan fingerprint density at radius 3 is 2.47 bits per heavy atom. The van der Waals surface area contributed by atoms with Gasteiger partial charge in [0, 0.05) is 5.56 Å². The van der Waals surface area contributed by atoms with Crippen LogP contribution < -0.4 is 19.6 Å². The van der Waals surface area contributed by atoms with E-state index in [0.717, 1.165) is 40.2 Å². The second-order valence-corrected chi connectivity index (χ2v) is 10.7. The van der Waals surface area contributed by atoms with Gasteiger partial charge >= 0.3 is 0 Å². The standard InChI is InChI=1S/C31H28N2O2S/c1-19(2)21-10-8-20(9-11-21)18-27-30(34)33-29(23-12-15-24(35-3)16-13-23)26-17-14-22-6-4-5-7-25(22)28(26)32-31(33)36-27/h4-13,15-16,18-19,29H,14,17H2,1-3H3/b27-18+. The van der Waals surface area contributed by atoms with E-state index in [9.17, 15) is 4.79 Å². The molecule has 0 saturated carbocycles. The SMILES string of the molecule is COc1ccc(C2C3=C(N=c4s/c(=C/c5ccc(C(C)C)cc5)c(=O)n42)c2ccccc2CC3)cc1. The number of ether oxygens (including phenoxy) is 1. The third-order valence-electron chi connectivity index (χ3n) is 7.21. The number of allylic oxidation sites excluding steroid dienone is 1. The molecule has 1 aliphatic heterocycles. The predicted molar refractivity (Wildman–Crippen MR) is 146 cm³/mol. The van der Waals surface area contributed by atoms with Gasteiger partial charge in [-0.3, -0.25) is 9.36 Å². The number of rotatable bonds is 4. The third kappa shape index (κ3) is 3.84. The molecule has 2 aliphatic rings. The van der Waals surface area contributed by atoms with Gasteiger partial charge in [-0.15, -0.1) is 0 Å². The van der Waals surface area contributed by atoms with Gasteiger partial charge in [-0.25, -0.2) is 4.99 Å². The minimum atomic E-state index is -0.180. The van der Waals surface area contributed by atoms with Crippen LogP contribution in [0.5, 0.6) is 5.75 Å². The molecular formula is C31H28N2O2S. The van der Waals surface area contributed by atoms with Crippen molar-refractivity contribution in [1.82, 2.24) is 4.57 Å². The van der Waals surface area contributed by atoms with Crippen molar-refractivity contribution in [3.05, 3.63) is 126 Å². The fraction of sp³-hybridized carbons (Fsp3) is 0.226. The molecule has 0 saturated heterocycles. The highest BCUT2D eigenvalue weighted by Crippen LogP contribution is 2.41. The Morgan fingerprint density at radius 2 is 1.75 bits per heavy atom. The summed E-state index contributed by atoms with van der Waals surface area (Å²) < 4.78 is 8.00. The lowest BCUT2D eigenvalue weighted by Gasteiger charge is -2.30. The molecule has 4 aromatic rings. The Kier molecular flexibility index (Phi) is 5.73. The number of benzene rings is 3. The Balaban J connectivity index is 1.56. The number of methoxy groups -OCH3 is 1. The van der Waals surface area contributed by atoms with E-state index < -0.39 is 0 Å². The molecule has 0 N–H and O–H groups in total. The highest BCUT2D eigenvalue weighted by Gasteiger charge is 2.32. The zero-order valence-electron chi connectivity index (χ0n) is 20.7. The average Bonchev–Trinajstić information content (AvgIpc) is 3.22. The molecule has 1 aromatic heterocycles. The average molecular weight is 493 g/mol. The van der Waals surface area contributed by atoms with E-state index in [2.05, 4.69) is 74.5 Å². The maximum Gasteiger partial charge on any atom is 0.271 e. The zero-order chi connectivity index (χ0) is 24.8. The number of fused-ring (bicyclic) bond motifs is 3. The van der Waals surface area contributed by atoms with E-state index >= 15 is 0 Å². The van der Waals surface area contributed by atoms with Crippen molar-refractivity contribution < 1.29 is 4.74 Å². The van der Waals surface area contributed by atoms with Crippen molar-refractivity contribution >= 4 is 23.1 Å². The van der Waals surface area contributed by atoms with Gasteiger partial charge in [-0.05, 0) is 64.8 Å². The first-order chi connectivity index (χ1) is 17.5. The first kappa shape index (κ1) is 22.7. The smallest absolute Gasteiger partial charge is 0.271 e. The van der Waals surface area contributed by atoms with E-state index in [1.807, 2.05) is 22.8 Å². The van der Waals surface area contributed by atoms with E-state index in [1.54, 1.807) is 7.11 Å². The van der Waals surface area contributed by atoms with Crippen molar-refractivity contribution in [3.8, 4) is 5.75 Å². The van der Waals surface area contributed by atoms with Gasteiger partial charge in [0.25, 0.3) is 5.56 Å². The molecule has 180 valence electrons. The van der Waals surface area contributed by atoms with Crippen molar-refractivity contribution in [2.75, 3.05) is 7.11 Å². The molecule has 0 amide bonds. The van der Waals surface area contributed by atoms with Crippen LogP contribution in [0.25, 0.3) is 11.8 Å². The summed E-state index contributed by atoms with van der Waals surface area (Å²) >= 11 is 1.47. The molecule has 0 spiro atoms. The van der Waals surface area contributed by atoms with Crippen LogP contribution in [0.4, 0.5) is 0 Å². The van der Waals surface area contributed by atoms with Crippen LogP contribution in [0.3, 0.4) is 0 Å². The van der Waals surface area contributed by atoms with Crippen LogP contribution in [0.15, 0.2) is 88.2 Å². The lowest BCUT2D eigenvalue weighted by Crippen LogP contribution is -2.38. The van der Waals surface area contributed by atoms with Crippen molar-refractivity contribution in [2.24, 2.45) is 4.99 Å². The molecule has 0 bridgehead atoms. The normalized spacial score (nSPS) is 16.9. The van der Waals surface area contributed by atoms with E-state index in [0.29, 0.717) is 10.5 Å². The zero-order valence-corrected chi connectivity index (χ0v) is 21.5. The predicted octanol–water partition coefficient (Wildman–Crippen LogP) is 5.45. The minimum Gasteiger partial charge on any atom is -0.497 e. The minimum absolute atomic E-state index is 0.0120. The van der Waals surface area contributed by atoms with Crippen molar-refractivity contribution in [2.45, 2.75) is 38.6 Å². The van der Waals surface area contributed by atoms with Crippen LogP contribution in [0.2, 0.25) is 0 Å². The van der Waals surface area contributed by atoms with Crippen LogP contribution in [0, 0.1) is 0 Å². The van der Waals surface area contributed by atoms with Gasteiger partial charge in [0.05, 0.1) is 23.4 Å². The molecule has 0 fully saturated rings. The van der Waals surface area contributed by atoms with Crippen LogP contribution in [-0.4, -0.2) is 11.7 Å². The summed E-state index contributed by atoms with van der Waals surface area (Å²) in [7, 11) is 1.67. The van der Waals surface area contributed by atoms with Crippen molar-refractivity contribution in [1.29, 1.82) is 0 Å². The molecule has 1 atom stereocenters. The maximum atomic E-state index is 13.9. The molecule has 1 aliphatic carbocycles. The summed E-state index contributed by atoms with van der Waals surface area (Å²) in [5.41, 5.74) is 8.13. The number of thiazole rings is 1. The number of hydrogen-bond donors (Lipinski definition) is 0. The van der Waals surface area contributed by atoms with Crippen LogP contribution >= 0.6 is 11.3 Å². The Hall–Kier alpha value is -3.70. The molecule has 4 nitrogen and oxygen atoms in total. The quantitative estimate of drug-likeness (QED) is 0.380. The van der Waals surface area contributed by atoms with Gasteiger partial charge in [0.1, 0.15) is 5.75 Å². The molecule has 1 unspecified atom stereocenters. The molecule has 0 radical (unpaired) electrons. The summed E-state index contributed by atoms with van der Waals surface area (Å²) in [6.45, 7) is 4.37. The van der Waals surface area contributed by atoms with Gasteiger partial charge in [0.2, 0.25) is 0 Å². The molecule has 2 heterocycles. The summed E-state index contributed by atoms with van der Waals surface area (Å²) in [4.78, 5) is 19.7. The second-order valence-electron chi connectivity index (χ2n) is 9.71. The summed E-state index contributed by atoms with van der Waals surface area (Å²) in [5, 5.41) is 0. The number of aromatic nitrogens is 1. The van der Waals surface area contributed by atoms with Gasteiger partial charge in [0.15, 0.2) is 4.80 Å². The lowest BCUT2D eigenvalue weighted by atomic mass is 9.83. The summed E-state index contributed by atoms with van der Waals surface area (Å²) in [6, 6.07) is 24.9. The van der Waals surface area contributed by atoms with Gasteiger partial charge in [-0.1, -0.05) is 85.8 Å². The third-order valence-corrected chi connectivity index (χ3v) is 8.19. The van der Waals surface area contributed by atoms with E-state index in [1.165, 1.54) is 33.6 Å². The van der Waals surface area contributed by atoms with E-state index in [4.69, 9.17) is 9.73 Å². The first-order valence-electron chi connectivity index (χ1n) is 12.4. The fourth-order valence-corrected chi connectivity index (χ4v) is 6.24. The Labute approximate surface area is 214 Å². The number of nitrogens with zero attached hydrogens (tertiary/aromatic N) is 2. The molecule has 36 heavy (non-hydrogen) atoms. The summed E-state index contributed by atoms with van der Waals surface area (Å²) in [6.07, 6.45) is 3.83. The molecule has 5 heteroatoms. The van der Waals surface area contributed by atoms with Crippen molar-refractivity contribution in [3.63, 3.8) is 0 Å². The maximum absolute atomic E-state index is 13.9. The molecule has 6 rings (SSSR count). The summed E-state index contributed by atoms with van der Waals surface area (Å²) in [5.74, 6) is 1.28. The fourth-order valence-electron chi connectivity index (χ4n) is 5.24. The Morgan fingerprint density at radius 1 is 1.00 bits per heavy atom. The second kappa shape index (κ2) is 9.07. The molecular weight excluding hydrogens is 464 g/mol. The van der Waals surface area contributed by atoms with Crippen LogP contribution in [-0.2, 0) is 6.42 Å².